The first kappa shape index (κ1) is 17.2. The van der Waals surface area contributed by atoms with Gasteiger partial charge in [0.25, 0.3) is 0 Å². The van der Waals surface area contributed by atoms with Crippen LogP contribution < -0.4 is 4.74 Å². The molecule has 3 unspecified atom stereocenters. The first-order valence-corrected chi connectivity index (χ1v) is 9.97. The minimum absolute atomic E-state index is 0.0401. The van der Waals surface area contributed by atoms with E-state index < -0.39 is 15.3 Å². The minimum Gasteiger partial charge on any atom is -0.478 e. The largest absolute Gasteiger partial charge is 0.478 e. The Labute approximate surface area is 169 Å². The van der Waals surface area contributed by atoms with Crippen LogP contribution in [-0.4, -0.2) is 4.33 Å². The molecule has 5 rings (SSSR count). The molecule has 0 aromatic heterocycles. The Morgan fingerprint density at radius 2 is 1.44 bits per heavy atom. The van der Waals surface area contributed by atoms with E-state index in [-0.39, 0.29) is 5.92 Å². The zero-order valence-electron chi connectivity index (χ0n) is 15.2. The highest BCUT2D eigenvalue weighted by molar-refractivity contribution is 6.53. The van der Waals surface area contributed by atoms with E-state index in [0.717, 1.165) is 16.9 Å². The van der Waals surface area contributed by atoms with Gasteiger partial charge in [-0.1, -0.05) is 108 Å². The van der Waals surface area contributed by atoms with Gasteiger partial charge in [0.15, 0.2) is 9.93 Å². The van der Waals surface area contributed by atoms with Gasteiger partial charge in [-0.2, -0.15) is 0 Å². The second-order valence-corrected chi connectivity index (χ2v) is 9.13. The van der Waals surface area contributed by atoms with Crippen molar-refractivity contribution in [1.82, 2.24) is 0 Å². The molecule has 1 fully saturated rings. The fourth-order valence-corrected chi connectivity index (χ4v) is 6.02. The van der Waals surface area contributed by atoms with Crippen molar-refractivity contribution >= 4 is 23.2 Å². The molecule has 3 heteroatoms. The van der Waals surface area contributed by atoms with Crippen LogP contribution in [0.25, 0.3) is 0 Å². The van der Waals surface area contributed by atoms with Crippen molar-refractivity contribution in [2.75, 3.05) is 0 Å². The highest BCUT2D eigenvalue weighted by Crippen LogP contribution is 2.85. The van der Waals surface area contributed by atoms with Crippen molar-refractivity contribution < 1.29 is 4.74 Å². The number of para-hydroxylation sites is 1. The van der Waals surface area contributed by atoms with Gasteiger partial charge in [0.05, 0.1) is 5.41 Å². The normalized spacial score (nSPS) is 30.0. The number of ether oxygens (including phenoxy) is 1. The van der Waals surface area contributed by atoms with Gasteiger partial charge in [0.1, 0.15) is 5.75 Å². The summed E-state index contributed by atoms with van der Waals surface area (Å²) in [5.74, 6) is 0.894. The molecule has 3 aromatic rings. The summed E-state index contributed by atoms with van der Waals surface area (Å²) in [6.07, 6.45) is 0. The Balaban J connectivity index is 1.79. The number of aryl methyl sites for hydroxylation is 1. The maximum absolute atomic E-state index is 7.05. The lowest BCUT2D eigenvalue weighted by atomic mass is 9.74. The van der Waals surface area contributed by atoms with Crippen LogP contribution in [0.4, 0.5) is 0 Å². The molecule has 1 aliphatic carbocycles. The molecule has 1 aliphatic heterocycles. The van der Waals surface area contributed by atoms with Crippen molar-refractivity contribution in [2.24, 2.45) is 5.41 Å². The Morgan fingerprint density at radius 1 is 0.815 bits per heavy atom. The quantitative estimate of drug-likeness (QED) is 0.444. The molecule has 27 heavy (non-hydrogen) atoms. The van der Waals surface area contributed by atoms with E-state index in [1.54, 1.807) is 0 Å². The van der Waals surface area contributed by atoms with Gasteiger partial charge in [-0.05, 0) is 24.1 Å². The van der Waals surface area contributed by atoms with E-state index in [9.17, 15) is 0 Å². The summed E-state index contributed by atoms with van der Waals surface area (Å²) >= 11 is 14.1. The van der Waals surface area contributed by atoms with Gasteiger partial charge in [-0.15, -0.1) is 0 Å². The third kappa shape index (κ3) is 1.97. The molecule has 1 heterocycles. The minimum atomic E-state index is -1.05. The van der Waals surface area contributed by atoms with Crippen LogP contribution in [0.5, 0.6) is 5.75 Å². The zero-order chi connectivity index (χ0) is 18.9. The number of rotatable bonds is 2. The first-order chi connectivity index (χ1) is 12.9. The SMILES string of the molecule is Cc1ccc(C2c3ccccc3OC3(c4ccccc4)C(Cl)(Cl)C23C)cc1. The van der Waals surface area contributed by atoms with Crippen molar-refractivity contribution in [2.45, 2.75) is 29.7 Å². The predicted octanol–water partition coefficient (Wildman–Crippen LogP) is 6.61. The molecule has 0 amide bonds. The van der Waals surface area contributed by atoms with Gasteiger partial charge in [-0.25, -0.2) is 0 Å². The van der Waals surface area contributed by atoms with E-state index in [1.165, 1.54) is 11.1 Å². The Hall–Kier alpha value is -1.96. The highest BCUT2D eigenvalue weighted by atomic mass is 35.5. The van der Waals surface area contributed by atoms with Gasteiger partial charge in [-0.3, -0.25) is 0 Å². The maximum Gasteiger partial charge on any atom is 0.177 e. The molecule has 1 nitrogen and oxygen atoms in total. The summed E-state index contributed by atoms with van der Waals surface area (Å²) in [4.78, 5) is 0. The van der Waals surface area contributed by atoms with E-state index in [0.29, 0.717) is 0 Å². The Kier molecular flexibility index (Phi) is 3.51. The van der Waals surface area contributed by atoms with E-state index in [4.69, 9.17) is 27.9 Å². The lowest BCUT2D eigenvalue weighted by Gasteiger charge is -2.36. The van der Waals surface area contributed by atoms with Crippen LogP contribution in [0.3, 0.4) is 0 Å². The number of hydrogen-bond acceptors (Lipinski definition) is 1. The molecule has 0 bridgehead atoms. The monoisotopic (exact) mass is 394 g/mol. The summed E-state index contributed by atoms with van der Waals surface area (Å²) in [6.45, 7) is 4.25. The lowest BCUT2D eigenvalue weighted by molar-refractivity contribution is 0.102. The highest BCUT2D eigenvalue weighted by Gasteiger charge is 2.91. The molecule has 3 aromatic carbocycles. The number of halogens is 2. The van der Waals surface area contributed by atoms with Crippen LogP contribution >= 0.6 is 23.2 Å². The average Bonchev–Trinajstić information content (AvgIpc) is 3.09. The van der Waals surface area contributed by atoms with Gasteiger partial charge < -0.3 is 4.74 Å². The van der Waals surface area contributed by atoms with Crippen molar-refractivity contribution in [3.63, 3.8) is 0 Å². The van der Waals surface area contributed by atoms with Gasteiger partial charge >= 0.3 is 0 Å². The molecule has 3 atom stereocenters. The molecule has 136 valence electrons. The molecule has 1 saturated carbocycles. The smallest absolute Gasteiger partial charge is 0.177 e. The molecular formula is C24H20Cl2O. The predicted molar refractivity (Wildman–Crippen MR) is 111 cm³/mol. The zero-order valence-corrected chi connectivity index (χ0v) is 16.8. The number of hydrogen-bond donors (Lipinski definition) is 0. The van der Waals surface area contributed by atoms with E-state index >= 15 is 0 Å². The second-order valence-electron chi connectivity index (χ2n) is 7.81. The van der Waals surface area contributed by atoms with Crippen LogP contribution in [0.1, 0.15) is 35.1 Å². The third-order valence-corrected chi connectivity index (χ3v) is 7.74. The van der Waals surface area contributed by atoms with Gasteiger partial charge in [0.2, 0.25) is 0 Å². The average molecular weight is 395 g/mol. The molecule has 0 saturated heterocycles. The number of fused-ring (bicyclic) bond motifs is 2. The summed E-state index contributed by atoms with van der Waals surface area (Å²) in [6, 6.07) is 27.0. The van der Waals surface area contributed by atoms with Crippen LogP contribution in [0.15, 0.2) is 78.9 Å². The van der Waals surface area contributed by atoms with Crippen molar-refractivity contribution in [3.8, 4) is 5.75 Å². The molecule has 0 radical (unpaired) electrons. The summed E-state index contributed by atoms with van der Waals surface area (Å²) < 4.78 is 5.56. The fourth-order valence-electron chi connectivity index (χ4n) is 4.94. The van der Waals surface area contributed by atoms with Crippen molar-refractivity contribution in [1.29, 1.82) is 0 Å². The second kappa shape index (κ2) is 5.53. The summed E-state index contributed by atoms with van der Waals surface area (Å²) in [7, 11) is 0. The van der Waals surface area contributed by atoms with Crippen LogP contribution in [0.2, 0.25) is 0 Å². The van der Waals surface area contributed by atoms with Gasteiger partial charge in [0, 0.05) is 11.5 Å². The Bertz CT molecular complexity index is 1010. The van der Waals surface area contributed by atoms with Crippen LogP contribution in [-0.2, 0) is 5.60 Å². The Morgan fingerprint density at radius 3 is 2.15 bits per heavy atom. The van der Waals surface area contributed by atoms with Crippen molar-refractivity contribution in [3.05, 3.63) is 101 Å². The van der Waals surface area contributed by atoms with E-state index in [2.05, 4.69) is 62.4 Å². The molecule has 2 aliphatic rings. The topological polar surface area (TPSA) is 9.23 Å². The standard InChI is InChI=1S/C24H20Cl2O/c1-16-12-14-17(15-13-16)21-19-10-6-7-11-20(19)27-23(18-8-4-3-5-9-18)22(21,2)24(23,25)26/h3-15,21H,1-2H3. The molecular weight excluding hydrogens is 375 g/mol. The fraction of sp³-hybridized carbons (Fsp3) is 0.250. The number of benzene rings is 3. The number of alkyl halides is 2. The summed E-state index contributed by atoms with van der Waals surface area (Å²) in [5.41, 5.74) is 3.32. The lowest BCUT2D eigenvalue weighted by Crippen LogP contribution is -2.33. The third-order valence-electron chi connectivity index (χ3n) is 6.42. The molecule has 0 N–H and O–H groups in total. The maximum atomic E-state index is 7.05. The molecule has 0 spiro atoms. The first-order valence-electron chi connectivity index (χ1n) is 9.21. The van der Waals surface area contributed by atoms with E-state index in [1.807, 2.05) is 30.3 Å². The summed E-state index contributed by atoms with van der Waals surface area (Å²) in [5, 5.41) is 0. The van der Waals surface area contributed by atoms with Crippen LogP contribution in [0, 0.1) is 12.3 Å².